The topological polar surface area (TPSA) is 111 Å². The minimum absolute atomic E-state index is 0.130. The van der Waals surface area contributed by atoms with Crippen molar-refractivity contribution in [1.29, 1.82) is 5.26 Å². The maximum Gasteiger partial charge on any atom is 0.322 e. The second-order valence-electron chi connectivity index (χ2n) is 7.78. The monoisotopic (exact) mass is 437 g/mol. The van der Waals surface area contributed by atoms with Crippen LogP contribution in [0.25, 0.3) is 0 Å². The Kier molecular flexibility index (Phi) is 4.83. The van der Waals surface area contributed by atoms with E-state index in [0.717, 1.165) is 0 Å². The first-order valence-electron chi connectivity index (χ1n) is 10.2. The van der Waals surface area contributed by atoms with Crippen LogP contribution in [-0.4, -0.2) is 23.5 Å². The van der Waals surface area contributed by atoms with Crippen LogP contribution in [0, 0.1) is 23.2 Å². The fourth-order valence-electron chi connectivity index (χ4n) is 4.39. The highest BCUT2D eigenvalue weighted by molar-refractivity contribution is 6.18. The first-order chi connectivity index (χ1) is 16.0. The molecule has 7 heteroatoms. The highest BCUT2D eigenvalue weighted by Gasteiger charge is 2.52. The third-order valence-electron chi connectivity index (χ3n) is 5.94. The molecule has 0 aromatic heterocycles. The predicted octanol–water partition coefficient (Wildman–Crippen LogP) is 3.48. The van der Waals surface area contributed by atoms with Gasteiger partial charge in [-0.15, -0.1) is 0 Å². The number of para-hydroxylation sites is 2. The lowest BCUT2D eigenvalue weighted by atomic mass is 9.70. The van der Waals surface area contributed by atoms with E-state index in [-0.39, 0.29) is 22.6 Å². The maximum atomic E-state index is 13.5. The van der Waals surface area contributed by atoms with Gasteiger partial charge >= 0.3 is 11.9 Å². The van der Waals surface area contributed by atoms with Crippen LogP contribution in [0.4, 0.5) is 0 Å². The van der Waals surface area contributed by atoms with Crippen LogP contribution < -0.4 is 9.47 Å². The molecule has 0 radical (unpaired) electrons. The fraction of sp³-hybridized carbons (Fsp3) is 0.115. The van der Waals surface area contributed by atoms with Gasteiger partial charge in [0, 0.05) is 5.92 Å². The van der Waals surface area contributed by atoms with Crippen LogP contribution in [-0.2, 0) is 9.59 Å². The van der Waals surface area contributed by atoms with E-state index in [1.54, 1.807) is 24.3 Å². The number of nitriles is 1. The van der Waals surface area contributed by atoms with E-state index in [0.29, 0.717) is 11.1 Å². The molecule has 2 aliphatic rings. The van der Waals surface area contributed by atoms with Gasteiger partial charge in [-0.2, -0.15) is 5.26 Å². The third-order valence-corrected chi connectivity index (χ3v) is 5.94. The Morgan fingerprint density at radius 3 is 1.58 bits per heavy atom. The van der Waals surface area contributed by atoms with E-state index in [4.69, 9.17) is 14.7 Å². The number of benzene rings is 3. The average Bonchev–Trinajstić information content (AvgIpc) is 2.83. The zero-order valence-corrected chi connectivity index (χ0v) is 17.1. The van der Waals surface area contributed by atoms with Crippen molar-refractivity contribution in [2.75, 3.05) is 0 Å². The molecular formula is C26H15NO6. The van der Waals surface area contributed by atoms with E-state index in [1.807, 2.05) is 6.07 Å². The second-order valence-corrected chi connectivity index (χ2v) is 7.78. The Hall–Kier alpha value is -4.57. The summed E-state index contributed by atoms with van der Waals surface area (Å²) < 4.78 is 10.8. The molecule has 3 aromatic rings. The standard InChI is InChI=1S/C26H15NO6/c27-13-14-9-11-15(12-10-14)20(21-23(28)16-5-1-3-7-18(16)32-25(21)30)22-24(29)17-6-2-4-8-19(17)33-26(22)31/h1-12,20-22H. The van der Waals surface area contributed by atoms with Crippen LogP contribution in [0.3, 0.4) is 0 Å². The largest absolute Gasteiger partial charge is 0.425 e. The lowest BCUT2D eigenvalue weighted by molar-refractivity contribution is -0.142. The predicted molar refractivity (Wildman–Crippen MR) is 114 cm³/mol. The lowest BCUT2D eigenvalue weighted by Gasteiger charge is -2.34. The molecule has 0 N–H and O–H groups in total. The molecule has 7 nitrogen and oxygen atoms in total. The first kappa shape index (κ1) is 20.3. The summed E-state index contributed by atoms with van der Waals surface area (Å²) >= 11 is 0. The Balaban J connectivity index is 1.67. The van der Waals surface area contributed by atoms with Gasteiger partial charge in [-0.05, 0) is 42.0 Å². The van der Waals surface area contributed by atoms with Crippen LogP contribution in [0.2, 0.25) is 0 Å². The fourth-order valence-corrected chi connectivity index (χ4v) is 4.39. The Bertz CT molecular complexity index is 1290. The van der Waals surface area contributed by atoms with Gasteiger partial charge in [-0.25, -0.2) is 0 Å². The smallest absolute Gasteiger partial charge is 0.322 e. The summed E-state index contributed by atoms with van der Waals surface area (Å²) in [5.41, 5.74) is 1.11. The zero-order chi connectivity index (χ0) is 23.1. The van der Waals surface area contributed by atoms with E-state index >= 15 is 0 Å². The van der Waals surface area contributed by atoms with Crippen molar-refractivity contribution < 1.29 is 28.7 Å². The summed E-state index contributed by atoms with van der Waals surface area (Å²) in [5, 5.41) is 9.14. The van der Waals surface area contributed by atoms with Gasteiger partial charge in [0.15, 0.2) is 11.6 Å². The number of Topliss-reactive ketones (excluding diaryl/α,β-unsaturated/α-hetero) is 2. The van der Waals surface area contributed by atoms with Crippen LogP contribution in [0.1, 0.15) is 37.8 Å². The molecular weight excluding hydrogens is 422 g/mol. The van der Waals surface area contributed by atoms with Crippen molar-refractivity contribution in [1.82, 2.24) is 0 Å². The third kappa shape index (κ3) is 3.29. The molecule has 2 unspecified atom stereocenters. The number of esters is 2. The number of hydrogen-bond donors (Lipinski definition) is 0. The molecule has 5 rings (SSSR count). The maximum absolute atomic E-state index is 13.5. The number of carbonyl (C=O) groups is 4. The van der Waals surface area contributed by atoms with Crippen molar-refractivity contribution in [3.63, 3.8) is 0 Å². The number of fused-ring (bicyclic) bond motifs is 2. The molecule has 2 heterocycles. The molecule has 2 aliphatic heterocycles. The summed E-state index contributed by atoms with van der Waals surface area (Å²) in [6.07, 6.45) is 0. The molecule has 0 spiro atoms. The van der Waals surface area contributed by atoms with Gasteiger partial charge in [0.1, 0.15) is 23.3 Å². The normalized spacial score (nSPS) is 20.1. The molecule has 0 amide bonds. The molecule has 0 bridgehead atoms. The van der Waals surface area contributed by atoms with E-state index in [1.165, 1.54) is 48.5 Å². The van der Waals surface area contributed by atoms with Gasteiger partial charge in [0.2, 0.25) is 0 Å². The molecule has 33 heavy (non-hydrogen) atoms. The Morgan fingerprint density at radius 1 is 0.667 bits per heavy atom. The number of ether oxygens (including phenoxy) is 2. The summed E-state index contributed by atoms with van der Waals surface area (Å²) in [5.74, 6) is -6.61. The number of carbonyl (C=O) groups excluding carboxylic acids is 4. The number of ketones is 2. The van der Waals surface area contributed by atoms with Crippen molar-refractivity contribution in [3.05, 3.63) is 95.1 Å². The van der Waals surface area contributed by atoms with Gasteiger partial charge < -0.3 is 9.47 Å². The molecule has 0 fully saturated rings. The number of rotatable bonds is 3. The summed E-state index contributed by atoms with van der Waals surface area (Å²) in [4.78, 5) is 53.0. The molecule has 0 saturated carbocycles. The van der Waals surface area contributed by atoms with Crippen molar-refractivity contribution in [3.8, 4) is 17.6 Å². The quantitative estimate of drug-likeness (QED) is 0.350. The molecule has 0 saturated heterocycles. The van der Waals surface area contributed by atoms with Gasteiger partial charge in [0.05, 0.1) is 22.8 Å². The van der Waals surface area contributed by atoms with E-state index < -0.39 is 41.3 Å². The minimum Gasteiger partial charge on any atom is -0.425 e. The van der Waals surface area contributed by atoms with Crippen LogP contribution >= 0.6 is 0 Å². The van der Waals surface area contributed by atoms with Crippen molar-refractivity contribution >= 4 is 23.5 Å². The van der Waals surface area contributed by atoms with Gasteiger partial charge in [-0.1, -0.05) is 36.4 Å². The summed E-state index contributed by atoms with van der Waals surface area (Å²) in [6.45, 7) is 0. The molecule has 2 atom stereocenters. The Labute approximate surface area is 188 Å². The SMILES string of the molecule is N#Cc1ccc(C(C2C(=O)Oc3ccccc3C2=O)C2C(=O)Oc3ccccc3C2=O)cc1. The summed E-state index contributed by atoms with van der Waals surface area (Å²) in [6, 6.07) is 20.7. The zero-order valence-electron chi connectivity index (χ0n) is 17.1. The van der Waals surface area contributed by atoms with Crippen molar-refractivity contribution in [2.45, 2.75) is 5.92 Å². The highest BCUT2D eigenvalue weighted by Crippen LogP contribution is 2.43. The second kappa shape index (κ2) is 7.84. The number of hydrogen-bond acceptors (Lipinski definition) is 7. The van der Waals surface area contributed by atoms with Crippen LogP contribution in [0.15, 0.2) is 72.8 Å². The van der Waals surface area contributed by atoms with Crippen molar-refractivity contribution in [2.24, 2.45) is 11.8 Å². The number of nitrogens with zero attached hydrogens (tertiary/aromatic N) is 1. The van der Waals surface area contributed by atoms with E-state index in [2.05, 4.69) is 0 Å². The van der Waals surface area contributed by atoms with Gasteiger partial charge in [0.25, 0.3) is 0 Å². The summed E-state index contributed by atoms with van der Waals surface area (Å²) in [7, 11) is 0. The molecule has 160 valence electrons. The first-order valence-corrected chi connectivity index (χ1v) is 10.2. The highest BCUT2D eigenvalue weighted by atomic mass is 16.5. The molecule has 3 aromatic carbocycles. The average molecular weight is 437 g/mol. The van der Waals surface area contributed by atoms with E-state index in [9.17, 15) is 19.2 Å². The molecule has 0 aliphatic carbocycles. The minimum atomic E-state index is -1.44. The van der Waals surface area contributed by atoms with Crippen LogP contribution in [0.5, 0.6) is 11.5 Å². The Morgan fingerprint density at radius 2 is 1.12 bits per heavy atom. The van der Waals surface area contributed by atoms with Gasteiger partial charge in [-0.3, -0.25) is 19.2 Å². The lowest BCUT2D eigenvalue weighted by Crippen LogP contribution is -2.46.